The number of amides is 1. The van der Waals surface area contributed by atoms with Gasteiger partial charge in [-0.05, 0) is 30.5 Å². The molecule has 144 valence electrons. The Hall–Kier alpha value is -2.79. The molecule has 5 heteroatoms. The van der Waals surface area contributed by atoms with Gasteiger partial charge in [-0.15, -0.1) is 6.58 Å². The van der Waals surface area contributed by atoms with Crippen molar-refractivity contribution in [1.82, 2.24) is 4.90 Å². The van der Waals surface area contributed by atoms with Gasteiger partial charge in [-0.25, -0.2) is 0 Å². The lowest BCUT2D eigenvalue weighted by molar-refractivity contribution is 0.0761. The molecule has 2 N–H and O–H groups in total. The number of rotatable bonds is 10. The number of methoxy groups -OCH3 is 2. The van der Waals surface area contributed by atoms with Gasteiger partial charge in [-0.3, -0.25) is 4.79 Å². The number of allylic oxidation sites excluding steroid dienone is 1. The molecule has 0 aromatic heterocycles. The first-order valence-corrected chi connectivity index (χ1v) is 9.03. The van der Waals surface area contributed by atoms with Gasteiger partial charge in [-0.1, -0.05) is 36.4 Å². The Bertz CT molecular complexity index is 760. The van der Waals surface area contributed by atoms with Crippen LogP contribution in [0.25, 0.3) is 0 Å². The third-order valence-electron chi connectivity index (χ3n) is 4.37. The molecule has 5 nitrogen and oxygen atoms in total. The van der Waals surface area contributed by atoms with Gasteiger partial charge >= 0.3 is 0 Å². The Morgan fingerprint density at radius 3 is 2.48 bits per heavy atom. The van der Waals surface area contributed by atoms with E-state index in [4.69, 9.17) is 15.2 Å². The number of nitrogens with zero attached hydrogens (tertiary/aromatic N) is 1. The zero-order chi connectivity index (χ0) is 19.6. The molecule has 27 heavy (non-hydrogen) atoms. The van der Waals surface area contributed by atoms with Gasteiger partial charge in [0, 0.05) is 30.8 Å². The lowest BCUT2D eigenvalue weighted by atomic mass is 10.0. The molecule has 1 amide bonds. The molecular formula is C22H28N2O3. The van der Waals surface area contributed by atoms with Gasteiger partial charge in [-0.2, -0.15) is 0 Å². The summed E-state index contributed by atoms with van der Waals surface area (Å²) in [5.74, 6) is 1.10. The maximum atomic E-state index is 13.1. The lowest BCUT2D eigenvalue weighted by Crippen LogP contribution is -2.37. The van der Waals surface area contributed by atoms with Gasteiger partial charge in [0.15, 0.2) is 11.5 Å². The van der Waals surface area contributed by atoms with E-state index >= 15 is 0 Å². The molecular weight excluding hydrogens is 340 g/mol. The van der Waals surface area contributed by atoms with E-state index in [1.807, 2.05) is 24.3 Å². The summed E-state index contributed by atoms with van der Waals surface area (Å²) < 4.78 is 10.9. The van der Waals surface area contributed by atoms with E-state index in [0.29, 0.717) is 43.1 Å². The monoisotopic (exact) mass is 368 g/mol. The van der Waals surface area contributed by atoms with Crippen molar-refractivity contribution in [1.29, 1.82) is 0 Å². The van der Waals surface area contributed by atoms with Gasteiger partial charge in [0.1, 0.15) is 0 Å². The Morgan fingerprint density at radius 1 is 1.15 bits per heavy atom. The van der Waals surface area contributed by atoms with E-state index < -0.39 is 0 Å². The van der Waals surface area contributed by atoms with Crippen LogP contribution in [-0.2, 0) is 12.8 Å². The van der Waals surface area contributed by atoms with E-state index in [1.165, 1.54) is 5.56 Å². The molecule has 2 aromatic carbocycles. The summed E-state index contributed by atoms with van der Waals surface area (Å²) in [7, 11) is 3.16. The normalized spacial score (nSPS) is 10.3. The minimum Gasteiger partial charge on any atom is -0.493 e. The van der Waals surface area contributed by atoms with Crippen molar-refractivity contribution in [2.45, 2.75) is 12.8 Å². The predicted octanol–water partition coefficient (Wildman–Crippen LogP) is 3.08. The third-order valence-corrected chi connectivity index (χ3v) is 4.37. The van der Waals surface area contributed by atoms with Crippen LogP contribution in [-0.4, -0.2) is 44.7 Å². The third kappa shape index (κ3) is 5.34. The number of hydrogen-bond acceptors (Lipinski definition) is 4. The fraction of sp³-hybridized carbons (Fsp3) is 0.318. The first-order valence-electron chi connectivity index (χ1n) is 9.03. The van der Waals surface area contributed by atoms with Gasteiger partial charge in [0.05, 0.1) is 14.2 Å². The summed E-state index contributed by atoms with van der Waals surface area (Å²) in [5.41, 5.74) is 8.36. The molecule has 2 aromatic rings. The van der Waals surface area contributed by atoms with Gasteiger partial charge < -0.3 is 20.1 Å². The molecule has 0 spiro atoms. The minimum absolute atomic E-state index is 0.0670. The molecule has 0 radical (unpaired) electrons. The second-order valence-electron chi connectivity index (χ2n) is 6.18. The number of ether oxygens (including phenoxy) is 2. The van der Waals surface area contributed by atoms with Gasteiger partial charge in [0.25, 0.3) is 5.91 Å². The van der Waals surface area contributed by atoms with Crippen LogP contribution in [0.3, 0.4) is 0 Å². The topological polar surface area (TPSA) is 64.8 Å². The van der Waals surface area contributed by atoms with Gasteiger partial charge in [0.2, 0.25) is 0 Å². The standard InChI is InChI=1S/C22H28N2O3/c1-4-8-18-15-19(16-20(26-2)21(18)27-3)22(25)24(14-12-23)13-11-17-9-6-5-7-10-17/h4-7,9-10,15-16H,1,8,11-14,23H2,2-3H3. The molecule has 0 atom stereocenters. The molecule has 0 saturated heterocycles. The zero-order valence-corrected chi connectivity index (χ0v) is 16.1. The Morgan fingerprint density at radius 2 is 1.89 bits per heavy atom. The van der Waals surface area contributed by atoms with Crippen LogP contribution in [0.15, 0.2) is 55.1 Å². The SMILES string of the molecule is C=CCc1cc(C(=O)N(CCN)CCc2ccccc2)cc(OC)c1OC. The Kier molecular flexibility index (Phi) is 7.89. The largest absolute Gasteiger partial charge is 0.493 e. The van der Waals surface area contributed by atoms with Crippen LogP contribution in [0.4, 0.5) is 0 Å². The van der Waals surface area contributed by atoms with Crippen molar-refractivity contribution in [3.63, 3.8) is 0 Å². The molecule has 0 bridgehead atoms. The van der Waals surface area contributed by atoms with Crippen LogP contribution in [0.5, 0.6) is 11.5 Å². The van der Waals surface area contributed by atoms with Crippen molar-refractivity contribution in [2.75, 3.05) is 33.9 Å². The summed E-state index contributed by atoms with van der Waals surface area (Å²) in [6.07, 6.45) is 3.14. The lowest BCUT2D eigenvalue weighted by Gasteiger charge is -2.23. The molecule has 2 rings (SSSR count). The zero-order valence-electron chi connectivity index (χ0n) is 16.1. The molecule has 0 aliphatic carbocycles. The van der Waals surface area contributed by atoms with Crippen molar-refractivity contribution in [3.05, 3.63) is 71.8 Å². The number of hydrogen-bond donors (Lipinski definition) is 1. The molecule has 0 unspecified atom stereocenters. The van der Waals surface area contributed by atoms with Crippen LogP contribution in [0, 0.1) is 0 Å². The van der Waals surface area contributed by atoms with E-state index in [1.54, 1.807) is 31.3 Å². The average molecular weight is 368 g/mol. The van der Waals surface area contributed by atoms with Crippen molar-refractivity contribution >= 4 is 5.91 Å². The Balaban J connectivity index is 2.27. The quantitative estimate of drug-likeness (QED) is 0.655. The van der Waals surface area contributed by atoms with Crippen molar-refractivity contribution < 1.29 is 14.3 Å². The van der Waals surface area contributed by atoms with E-state index in [2.05, 4.69) is 18.7 Å². The molecule has 0 heterocycles. The van der Waals surface area contributed by atoms with Crippen LogP contribution >= 0.6 is 0 Å². The fourth-order valence-electron chi connectivity index (χ4n) is 3.04. The fourth-order valence-corrected chi connectivity index (χ4v) is 3.04. The summed E-state index contributed by atoms with van der Waals surface area (Å²) in [4.78, 5) is 14.9. The summed E-state index contributed by atoms with van der Waals surface area (Å²) in [6.45, 7) is 5.29. The number of nitrogens with two attached hydrogens (primary N) is 1. The Labute approximate surface area is 161 Å². The highest BCUT2D eigenvalue weighted by Crippen LogP contribution is 2.33. The summed E-state index contributed by atoms with van der Waals surface area (Å²) >= 11 is 0. The summed E-state index contributed by atoms with van der Waals surface area (Å²) in [6, 6.07) is 13.7. The average Bonchev–Trinajstić information content (AvgIpc) is 2.71. The van der Waals surface area contributed by atoms with Crippen LogP contribution < -0.4 is 15.2 Å². The number of benzene rings is 2. The number of carbonyl (C=O) groups excluding carboxylic acids is 1. The highest BCUT2D eigenvalue weighted by molar-refractivity contribution is 5.95. The van der Waals surface area contributed by atoms with Crippen molar-refractivity contribution in [2.24, 2.45) is 5.73 Å². The molecule has 0 saturated carbocycles. The maximum Gasteiger partial charge on any atom is 0.254 e. The summed E-state index contributed by atoms with van der Waals surface area (Å²) in [5, 5.41) is 0. The highest BCUT2D eigenvalue weighted by Gasteiger charge is 2.20. The molecule has 0 aliphatic heterocycles. The highest BCUT2D eigenvalue weighted by atomic mass is 16.5. The minimum atomic E-state index is -0.0670. The van der Waals surface area contributed by atoms with Crippen LogP contribution in [0.1, 0.15) is 21.5 Å². The first kappa shape index (κ1) is 20.5. The van der Waals surface area contributed by atoms with Crippen LogP contribution in [0.2, 0.25) is 0 Å². The first-order chi connectivity index (χ1) is 13.1. The number of carbonyl (C=O) groups is 1. The smallest absolute Gasteiger partial charge is 0.254 e. The van der Waals surface area contributed by atoms with E-state index in [0.717, 1.165) is 12.0 Å². The predicted molar refractivity (Wildman–Crippen MR) is 109 cm³/mol. The molecule has 0 fully saturated rings. The maximum absolute atomic E-state index is 13.1. The second-order valence-corrected chi connectivity index (χ2v) is 6.18. The second kappa shape index (κ2) is 10.4. The van der Waals surface area contributed by atoms with E-state index in [-0.39, 0.29) is 5.91 Å². The van der Waals surface area contributed by atoms with Crippen molar-refractivity contribution in [3.8, 4) is 11.5 Å². The molecule has 0 aliphatic rings. The van der Waals surface area contributed by atoms with E-state index in [9.17, 15) is 4.79 Å².